The highest BCUT2D eigenvalue weighted by molar-refractivity contribution is 8.23. The summed E-state index contributed by atoms with van der Waals surface area (Å²) in [5.74, 6) is 0. The maximum absolute atomic E-state index is 5.64. The third-order valence-electron chi connectivity index (χ3n) is 5.24. The van der Waals surface area contributed by atoms with Gasteiger partial charge in [-0.25, -0.2) is 0 Å². The third-order valence-corrected chi connectivity index (χ3v) is 6.23. The van der Waals surface area contributed by atoms with Crippen LogP contribution in [0.5, 0.6) is 0 Å². The minimum Gasteiger partial charge on any atom is -0.403 e. The van der Waals surface area contributed by atoms with E-state index >= 15 is 0 Å². The molecular weight excluding hydrogens is 416 g/mol. The second-order valence-corrected chi connectivity index (χ2v) is 9.53. The molecule has 0 aliphatic carbocycles. The van der Waals surface area contributed by atoms with Gasteiger partial charge in [0.1, 0.15) is 0 Å². The molecule has 31 heavy (non-hydrogen) atoms. The lowest BCUT2D eigenvalue weighted by atomic mass is 9.96. The molecule has 2 nitrogen and oxygen atoms in total. The molecule has 0 bridgehead atoms. The molecule has 168 valence electrons. The Bertz CT molecular complexity index is 855. The quantitative estimate of drug-likeness (QED) is 0.188. The van der Waals surface area contributed by atoms with Crippen molar-refractivity contribution in [3.63, 3.8) is 0 Å². The zero-order valence-electron chi connectivity index (χ0n) is 19.8. The summed E-state index contributed by atoms with van der Waals surface area (Å²) in [5, 5.41) is 0. The van der Waals surface area contributed by atoms with E-state index in [1.807, 2.05) is 0 Å². The van der Waals surface area contributed by atoms with E-state index in [2.05, 4.69) is 89.2 Å². The number of rotatable bonds is 13. The number of allylic oxidation sites excluding steroid dienone is 6. The van der Waals surface area contributed by atoms with Crippen LogP contribution in [0, 0.1) is 13.8 Å². The molecule has 0 aliphatic heterocycles. The van der Waals surface area contributed by atoms with Crippen LogP contribution in [0.1, 0.15) is 56.2 Å². The lowest BCUT2D eigenvalue weighted by Gasteiger charge is -2.23. The number of thioether (sulfide) groups is 1. The van der Waals surface area contributed by atoms with Gasteiger partial charge in [-0.05, 0) is 80.9 Å². The molecule has 2 N–H and O–H groups in total. The molecule has 0 saturated carbocycles. The first-order valence-corrected chi connectivity index (χ1v) is 12.1. The Morgan fingerprint density at radius 1 is 1.10 bits per heavy atom. The number of hydrogen-bond acceptors (Lipinski definition) is 4. The second-order valence-electron chi connectivity index (χ2n) is 8.09. The van der Waals surface area contributed by atoms with E-state index in [-0.39, 0.29) is 0 Å². The SMILES string of the molecule is C=C(N)CCCCCN(C)C(=C)\C(=C/C(C)=C/C=C(\C)c1c(C)cccc1C)SC=S. The Hall–Kier alpha value is -2.04. The van der Waals surface area contributed by atoms with Crippen LogP contribution in [-0.4, -0.2) is 23.2 Å². The summed E-state index contributed by atoms with van der Waals surface area (Å²) in [7, 11) is 2.09. The molecule has 0 atom stereocenters. The van der Waals surface area contributed by atoms with Crippen LogP contribution in [-0.2, 0) is 0 Å². The topological polar surface area (TPSA) is 29.3 Å². The average molecular weight is 455 g/mol. The second kappa shape index (κ2) is 14.1. The minimum atomic E-state index is 0.768. The van der Waals surface area contributed by atoms with Gasteiger partial charge in [0.15, 0.2) is 0 Å². The van der Waals surface area contributed by atoms with E-state index in [0.29, 0.717) is 0 Å². The van der Waals surface area contributed by atoms with Crippen LogP contribution in [0.4, 0.5) is 0 Å². The number of likely N-dealkylation sites (N-methyl/N-ethyl adjacent to an activating group) is 1. The van der Waals surface area contributed by atoms with Gasteiger partial charge in [0.05, 0.1) is 0 Å². The van der Waals surface area contributed by atoms with Crippen molar-refractivity contribution in [2.45, 2.75) is 53.4 Å². The highest BCUT2D eigenvalue weighted by Crippen LogP contribution is 2.26. The molecule has 1 rings (SSSR count). The molecule has 0 fully saturated rings. The van der Waals surface area contributed by atoms with Crippen LogP contribution in [0.3, 0.4) is 0 Å². The predicted molar refractivity (Wildman–Crippen MR) is 146 cm³/mol. The average Bonchev–Trinajstić information content (AvgIpc) is 2.70. The fourth-order valence-electron chi connectivity index (χ4n) is 3.47. The summed E-state index contributed by atoms with van der Waals surface area (Å²) in [6.07, 6.45) is 10.7. The predicted octanol–water partition coefficient (Wildman–Crippen LogP) is 7.71. The van der Waals surface area contributed by atoms with Crippen molar-refractivity contribution in [2.24, 2.45) is 5.73 Å². The van der Waals surface area contributed by atoms with Crippen molar-refractivity contribution in [3.8, 4) is 0 Å². The molecule has 0 aliphatic rings. The standard InChI is InChI=1S/C27H38N2S2/c1-20(15-16-23(4)27-21(2)12-11-13-22(27)3)18-26(31-19-30)25(6)29(7)17-10-8-9-14-24(5)28/h11-13,15-16,18-19H,5-6,8-10,14,17,28H2,1-4,7H3/b20-15+,23-16+,26-18+. The molecule has 0 aromatic heterocycles. The summed E-state index contributed by atoms with van der Waals surface area (Å²) >= 11 is 6.66. The van der Waals surface area contributed by atoms with Crippen molar-refractivity contribution in [1.29, 1.82) is 0 Å². The number of thiocarbonyl (C=S) groups is 1. The molecule has 0 radical (unpaired) electrons. The van der Waals surface area contributed by atoms with E-state index in [4.69, 9.17) is 18.0 Å². The minimum absolute atomic E-state index is 0.768. The fraction of sp³-hybridized carbons (Fsp3) is 0.370. The molecule has 0 spiro atoms. The lowest BCUT2D eigenvalue weighted by Crippen LogP contribution is -2.19. The van der Waals surface area contributed by atoms with Gasteiger partial charge >= 0.3 is 0 Å². The first kappa shape index (κ1) is 27.0. The molecular formula is C27H38N2S2. The number of hydrogen-bond donors (Lipinski definition) is 1. The lowest BCUT2D eigenvalue weighted by molar-refractivity contribution is 0.411. The molecule has 1 aromatic rings. The van der Waals surface area contributed by atoms with Crippen molar-refractivity contribution >= 4 is 34.3 Å². The third kappa shape index (κ3) is 9.75. The number of benzene rings is 1. The van der Waals surface area contributed by atoms with Gasteiger partial charge in [0, 0.05) is 34.6 Å². The summed E-state index contributed by atoms with van der Waals surface area (Å²) in [4.78, 5) is 3.29. The first-order valence-electron chi connectivity index (χ1n) is 10.7. The van der Waals surface area contributed by atoms with Crippen LogP contribution >= 0.6 is 24.0 Å². The highest BCUT2D eigenvalue weighted by Gasteiger charge is 2.09. The number of unbranched alkanes of at least 4 members (excludes halogenated alkanes) is 2. The van der Waals surface area contributed by atoms with Gasteiger partial charge in [0.25, 0.3) is 0 Å². The highest BCUT2D eigenvalue weighted by atomic mass is 32.2. The summed E-state index contributed by atoms with van der Waals surface area (Å²) < 4.78 is 1.70. The van der Waals surface area contributed by atoms with Gasteiger partial charge < -0.3 is 10.6 Å². The van der Waals surface area contributed by atoms with E-state index in [1.165, 1.54) is 27.8 Å². The normalized spacial score (nSPS) is 12.6. The fourth-order valence-corrected chi connectivity index (χ4v) is 4.43. The van der Waals surface area contributed by atoms with Gasteiger partial charge in [-0.15, -0.1) is 0 Å². The van der Waals surface area contributed by atoms with Crippen LogP contribution in [0.2, 0.25) is 0 Å². The zero-order chi connectivity index (χ0) is 23.4. The molecule has 4 heteroatoms. The van der Waals surface area contributed by atoms with Gasteiger partial charge in [-0.3, -0.25) is 0 Å². The van der Waals surface area contributed by atoms with Crippen LogP contribution < -0.4 is 5.73 Å². The van der Waals surface area contributed by atoms with Gasteiger partial charge in [-0.2, -0.15) is 0 Å². The maximum Gasteiger partial charge on any atom is 0.0432 e. The largest absolute Gasteiger partial charge is 0.403 e. The Balaban J connectivity index is 2.87. The van der Waals surface area contributed by atoms with Gasteiger partial charge in [0.2, 0.25) is 0 Å². The van der Waals surface area contributed by atoms with Crippen LogP contribution in [0.25, 0.3) is 5.57 Å². The Morgan fingerprint density at radius 2 is 1.74 bits per heavy atom. The Labute approximate surface area is 199 Å². The summed E-state index contributed by atoms with van der Waals surface area (Å²) in [6.45, 7) is 17.6. The summed E-state index contributed by atoms with van der Waals surface area (Å²) in [5.41, 5.74) is 13.8. The zero-order valence-corrected chi connectivity index (χ0v) is 21.5. The Morgan fingerprint density at radius 3 is 2.32 bits per heavy atom. The molecule has 0 heterocycles. The van der Waals surface area contributed by atoms with E-state index in [9.17, 15) is 0 Å². The van der Waals surface area contributed by atoms with Crippen molar-refractivity contribution in [3.05, 3.63) is 88.1 Å². The van der Waals surface area contributed by atoms with E-state index in [0.717, 1.165) is 48.5 Å². The number of aryl methyl sites for hydroxylation is 2. The van der Waals surface area contributed by atoms with Gasteiger partial charge in [-0.1, -0.05) is 73.9 Å². The van der Waals surface area contributed by atoms with Crippen LogP contribution in [0.15, 0.2) is 71.5 Å². The molecule has 0 amide bonds. The van der Waals surface area contributed by atoms with E-state index in [1.54, 1.807) is 16.5 Å². The number of nitrogens with zero attached hydrogens (tertiary/aromatic N) is 1. The van der Waals surface area contributed by atoms with Crippen molar-refractivity contribution < 1.29 is 0 Å². The molecule has 0 saturated heterocycles. The molecule has 1 aromatic carbocycles. The number of nitrogens with two attached hydrogens (primary N) is 1. The molecule has 0 unspecified atom stereocenters. The maximum atomic E-state index is 5.64. The van der Waals surface area contributed by atoms with E-state index < -0.39 is 0 Å². The van der Waals surface area contributed by atoms with Crippen molar-refractivity contribution in [1.82, 2.24) is 4.90 Å². The Kier molecular flexibility index (Phi) is 12.3. The monoisotopic (exact) mass is 454 g/mol. The first-order chi connectivity index (χ1) is 14.7. The van der Waals surface area contributed by atoms with Crippen molar-refractivity contribution in [2.75, 3.05) is 13.6 Å². The smallest absolute Gasteiger partial charge is 0.0432 e. The summed E-state index contributed by atoms with van der Waals surface area (Å²) in [6, 6.07) is 6.43.